The summed E-state index contributed by atoms with van der Waals surface area (Å²) in [5, 5.41) is 5.96. The summed E-state index contributed by atoms with van der Waals surface area (Å²) in [4.78, 5) is 16.5. The van der Waals surface area contributed by atoms with Gasteiger partial charge in [-0.25, -0.2) is 4.39 Å². The fourth-order valence-corrected chi connectivity index (χ4v) is 2.82. The number of amides is 1. The van der Waals surface area contributed by atoms with E-state index in [2.05, 4.69) is 15.6 Å². The summed E-state index contributed by atoms with van der Waals surface area (Å²) in [5.74, 6) is -1.38. The molecule has 0 radical (unpaired) electrons. The number of carbonyl (C=O) groups is 1. The number of halogens is 1. The van der Waals surface area contributed by atoms with Gasteiger partial charge in [0.05, 0.1) is 12.3 Å². The molecule has 3 rings (SSSR count). The van der Waals surface area contributed by atoms with Crippen molar-refractivity contribution in [2.45, 2.75) is 12.8 Å². The molecule has 0 bridgehead atoms. The molecule has 0 saturated heterocycles. The molecular formula is C19H20FN3O2. The molecule has 0 aromatic heterocycles. The fraction of sp³-hybridized carbons (Fsp3) is 0.263. The molecule has 2 aromatic carbocycles. The molecule has 130 valence electrons. The predicted molar refractivity (Wildman–Crippen MR) is 97.5 cm³/mol. The molecular weight excluding hydrogens is 321 g/mol. The molecule has 1 amide bonds. The first-order valence-electron chi connectivity index (χ1n) is 8.07. The molecule has 1 heterocycles. The molecule has 0 fully saturated rings. The van der Waals surface area contributed by atoms with Crippen LogP contribution >= 0.6 is 0 Å². The fourth-order valence-electron chi connectivity index (χ4n) is 2.82. The Morgan fingerprint density at radius 2 is 2.20 bits per heavy atom. The van der Waals surface area contributed by atoms with E-state index >= 15 is 0 Å². The molecule has 0 saturated carbocycles. The molecule has 1 atom stereocenters. The summed E-state index contributed by atoms with van der Waals surface area (Å²) >= 11 is 0. The SMILES string of the molecule is COCCNc1ccc(N=CC2C(=O)Nc3cccc(F)c32)cc1C. The quantitative estimate of drug-likeness (QED) is 0.623. The number of aliphatic imine (C=N–C) groups is 1. The first kappa shape index (κ1) is 17.1. The van der Waals surface area contributed by atoms with Gasteiger partial charge in [0.2, 0.25) is 5.91 Å². The largest absolute Gasteiger partial charge is 0.383 e. The van der Waals surface area contributed by atoms with Crippen molar-refractivity contribution in [3.63, 3.8) is 0 Å². The molecule has 1 aliphatic heterocycles. The number of ether oxygens (including phenoxy) is 1. The van der Waals surface area contributed by atoms with Crippen molar-refractivity contribution in [1.82, 2.24) is 0 Å². The van der Waals surface area contributed by atoms with Gasteiger partial charge in [-0.05, 0) is 42.8 Å². The van der Waals surface area contributed by atoms with Gasteiger partial charge in [-0.15, -0.1) is 0 Å². The minimum atomic E-state index is -0.712. The number of anilines is 2. The van der Waals surface area contributed by atoms with Crippen LogP contribution in [0.15, 0.2) is 41.4 Å². The van der Waals surface area contributed by atoms with Crippen LogP contribution in [0.2, 0.25) is 0 Å². The second-order valence-corrected chi connectivity index (χ2v) is 5.86. The summed E-state index contributed by atoms with van der Waals surface area (Å²) < 4.78 is 19.0. The molecule has 5 nitrogen and oxygen atoms in total. The molecule has 0 aliphatic carbocycles. The van der Waals surface area contributed by atoms with Crippen LogP contribution in [0.5, 0.6) is 0 Å². The van der Waals surface area contributed by atoms with E-state index in [1.54, 1.807) is 19.2 Å². The zero-order valence-corrected chi connectivity index (χ0v) is 14.2. The zero-order chi connectivity index (χ0) is 17.8. The van der Waals surface area contributed by atoms with Gasteiger partial charge in [0.1, 0.15) is 11.7 Å². The van der Waals surface area contributed by atoms with Crippen molar-refractivity contribution in [2.24, 2.45) is 4.99 Å². The Labute approximate surface area is 145 Å². The lowest BCUT2D eigenvalue weighted by Gasteiger charge is -2.09. The third-order valence-corrected chi connectivity index (χ3v) is 4.11. The van der Waals surface area contributed by atoms with Crippen LogP contribution in [-0.4, -0.2) is 32.4 Å². The van der Waals surface area contributed by atoms with Crippen LogP contribution in [0.4, 0.5) is 21.5 Å². The van der Waals surface area contributed by atoms with E-state index in [0.717, 1.165) is 17.8 Å². The number of hydrogen-bond acceptors (Lipinski definition) is 4. The topological polar surface area (TPSA) is 62.7 Å². The van der Waals surface area contributed by atoms with E-state index < -0.39 is 11.7 Å². The van der Waals surface area contributed by atoms with Gasteiger partial charge in [-0.3, -0.25) is 9.79 Å². The second-order valence-electron chi connectivity index (χ2n) is 5.86. The Balaban J connectivity index is 1.77. The second kappa shape index (κ2) is 7.44. The highest BCUT2D eigenvalue weighted by Gasteiger charge is 2.31. The molecule has 6 heteroatoms. The van der Waals surface area contributed by atoms with Crippen molar-refractivity contribution < 1.29 is 13.9 Å². The molecule has 0 spiro atoms. The summed E-state index contributed by atoms with van der Waals surface area (Å²) in [5.41, 5.74) is 3.62. The van der Waals surface area contributed by atoms with Gasteiger partial charge in [0.15, 0.2) is 0 Å². The zero-order valence-electron chi connectivity index (χ0n) is 14.2. The van der Waals surface area contributed by atoms with Gasteiger partial charge in [0, 0.05) is 36.8 Å². The Bertz CT molecular complexity index is 820. The standard InChI is InChI=1S/C19H20FN3O2/c1-12-10-13(6-7-16(12)21-8-9-25-2)22-11-14-18-15(20)4-3-5-17(18)23-19(14)24/h3-7,10-11,14,21H,8-9H2,1-2H3,(H,23,24). The first-order valence-corrected chi connectivity index (χ1v) is 8.07. The monoisotopic (exact) mass is 341 g/mol. The average Bonchev–Trinajstić information content (AvgIpc) is 2.91. The number of aryl methyl sites for hydroxylation is 1. The van der Waals surface area contributed by atoms with Crippen molar-refractivity contribution in [2.75, 3.05) is 30.9 Å². The maximum atomic E-state index is 14.0. The number of methoxy groups -OCH3 is 1. The van der Waals surface area contributed by atoms with Crippen LogP contribution in [-0.2, 0) is 9.53 Å². The Morgan fingerprint density at radius 3 is 2.96 bits per heavy atom. The van der Waals surface area contributed by atoms with Crippen LogP contribution in [0, 0.1) is 12.7 Å². The Hall–Kier alpha value is -2.73. The number of nitrogens with zero attached hydrogens (tertiary/aromatic N) is 1. The summed E-state index contributed by atoms with van der Waals surface area (Å²) in [6.07, 6.45) is 1.50. The molecule has 1 unspecified atom stereocenters. The molecule has 1 aliphatic rings. The first-order chi connectivity index (χ1) is 12.1. The smallest absolute Gasteiger partial charge is 0.237 e. The van der Waals surface area contributed by atoms with Crippen molar-refractivity contribution in [3.8, 4) is 0 Å². The van der Waals surface area contributed by atoms with Crippen LogP contribution in [0.25, 0.3) is 0 Å². The highest BCUT2D eigenvalue weighted by atomic mass is 19.1. The third-order valence-electron chi connectivity index (χ3n) is 4.11. The third kappa shape index (κ3) is 3.69. The normalized spacial score (nSPS) is 16.1. The van der Waals surface area contributed by atoms with Crippen LogP contribution < -0.4 is 10.6 Å². The van der Waals surface area contributed by atoms with Gasteiger partial charge in [-0.1, -0.05) is 6.07 Å². The number of benzene rings is 2. The van der Waals surface area contributed by atoms with Crippen molar-refractivity contribution in [1.29, 1.82) is 0 Å². The lowest BCUT2D eigenvalue weighted by Crippen LogP contribution is -2.13. The Kier molecular flexibility index (Phi) is 5.09. The minimum absolute atomic E-state index is 0.265. The molecule has 2 aromatic rings. The van der Waals surface area contributed by atoms with E-state index in [1.165, 1.54) is 12.3 Å². The van der Waals surface area contributed by atoms with E-state index in [4.69, 9.17) is 4.74 Å². The van der Waals surface area contributed by atoms with E-state index in [9.17, 15) is 9.18 Å². The van der Waals surface area contributed by atoms with Crippen LogP contribution in [0.3, 0.4) is 0 Å². The van der Waals surface area contributed by atoms with Crippen molar-refractivity contribution in [3.05, 3.63) is 53.3 Å². The highest BCUT2D eigenvalue weighted by Crippen LogP contribution is 2.34. The van der Waals surface area contributed by atoms with E-state index in [-0.39, 0.29) is 5.91 Å². The van der Waals surface area contributed by atoms with Crippen LogP contribution in [0.1, 0.15) is 17.0 Å². The lowest BCUT2D eigenvalue weighted by molar-refractivity contribution is -0.115. The minimum Gasteiger partial charge on any atom is -0.383 e. The maximum absolute atomic E-state index is 14.0. The van der Waals surface area contributed by atoms with Crippen molar-refractivity contribution >= 4 is 29.2 Å². The lowest BCUT2D eigenvalue weighted by atomic mass is 10.0. The number of nitrogens with one attached hydrogen (secondary N) is 2. The van der Waals surface area contributed by atoms with Gasteiger partial charge in [-0.2, -0.15) is 0 Å². The number of hydrogen-bond donors (Lipinski definition) is 2. The highest BCUT2D eigenvalue weighted by molar-refractivity contribution is 6.12. The summed E-state index contributed by atoms with van der Waals surface area (Å²) in [6, 6.07) is 10.3. The number of fused-ring (bicyclic) bond motifs is 1. The van der Waals surface area contributed by atoms with E-state index in [1.807, 2.05) is 25.1 Å². The summed E-state index contributed by atoms with van der Waals surface area (Å²) in [7, 11) is 1.66. The molecule has 2 N–H and O–H groups in total. The average molecular weight is 341 g/mol. The van der Waals surface area contributed by atoms with Gasteiger partial charge in [0.25, 0.3) is 0 Å². The predicted octanol–water partition coefficient (Wildman–Crippen LogP) is 3.63. The summed E-state index contributed by atoms with van der Waals surface area (Å²) in [6.45, 7) is 3.32. The van der Waals surface area contributed by atoms with E-state index in [0.29, 0.717) is 23.5 Å². The van der Waals surface area contributed by atoms with Gasteiger partial charge < -0.3 is 15.4 Å². The van der Waals surface area contributed by atoms with Gasteiger partial charge >= 0.3 is 0 Å². The Morgan fingerprint density at radius 1 is 1.36 bits per heavy atom. The number of carbonyl (C=O) groups excluding carboxylic acids is 1. The molecule has 25 heavy (non-hydrogen) atoms. The number of rotatable bonds is 6. The maximum Gasteiger partial charge on any atom is 0.237 e.